The molecule has 4 rings (SSSR count). The number of sulfonamides is 1. The lowest BCUT2D eigenvalue weighted by Crippen LogP contribution is -2.47. The number of rotatable bonds is 8. The highest BCUT2D eigenvalue weighted by molar-refractivity contribution is 7.92. The van der Waals surface area contributed by atoms with Crippen LogP contribution in [0.3, 0.4) is 0 Å². The summed E-state index contributed by atoms with van der Waals surface area (Å²) >= 11 is 0. The second-order valence-corrected chi connectivity index (χ2v) is 9.95. The molecule has 4 atom stereocenters. The Morgan fingerprint density at radius 3 is 2.67 bits per heavy atom. The number of hydrogen-bond acceptors (Lipinski definition) is 6. The zero-order valence-corrected chi connectivity index (χ0v) is 19.0. The molecule has 0 radical (unpaired) electrons. The summed E-state index contributed by atoms with van der Waals surface area (Å²) in [7, 11) is -3.90. The number of ether oxygens (including phenoxy) is 2. The number of halogens is 1. The SMILES string of the molecule is CCCNC(=O)C[C@H]1C[C@H]2c3cc(NS(=O)(=O)c4ccc(F)cc4)ccc3O[C@H]2[C@H](CO)O1. The number of carbonyl (C=O) groups is 1. The van der Waals surface area contributed by atoms with Crippen LogP contribution in [0.1, 0.15) is 37.7 Å². The van der Waals surface area contributed by atoms with Gasteiger partial charge in [0.25, 0.3) is 10.0 Å². The van der Waals surface area contributed by atoms with Gasteiger partial charge in [-0.1, -0.05) is 6.92 Å². The molecule has 0 spiro atoms. The van der Waals surface area contributed by atoms with E-state index in [4.69, 9.17) is 9.47 Å². The Hall–Kier alpha value is -2.69. The van der Waals surface area contributed by atoms with Gasteiger partial charge in [-0.05, 0) is 55.3 Å². The first-order valence-corrected chi connectivity index (χ1v) is 12.4. The molecule has 0 unspecified atom stereocenters. The van der Waals surface area contributed by atoms with Crippen molar-refractivity contribution in [3.05, 3.63) is 53.8 Å². The fourth-order valence-electron chi connectivity index (χ4n) is 4.32. The molecule has 8 nitrogen and oxygen atoms in total. The van der Waals surface area contributed by atoms with Crippen molar-refractivity contribution in [2.24, 2.45) is 0 Å². The second kappa shape index (κ2) is 9.66. The third-order valence-corrected chi connectivity index (χ3v) is 7.26. The molecule has 0 saturated carbocycles. The Bertz CT molecular complexity index is 1110. The first-order chi connectivity index (χ1) is 15.8. The fourth-order valence-corrected chi connectivity index (χ4v) is 5.37. The molecule has 10 heteroatoms. The number of fused-ring (bicyclic) bond motifs is 3. The Morgan fingerprint density at radius 1 is 1.21 bits per heavy atom. The quantitative estimate of drug-likeness (QED) is 0.537. The van der Waals surface area contributed by atoms with Crippen molar-refractivity contribution < 1.29 is 32.2 Å². The summed E-state index contributed by atoms with van der Waals surface area (Å²) in [6, 6.07) is 9.53. The van der Waals surface area contributed by atoms with Crippen LogP contribution < -0.4 is 14.8 Å². The summed E-state index contributed by atoms with van der Waals surface area (Å²) in [5, 5.41) is 12.7. The number of nitrogens with one attached hydrogen (secondary N) is 2. The van der Waals surface area contributed by atoms with E-state index in [9.17, 15) is 22.7 Å². The van der Waals surface area contributed by atoms with Gasteiger partial charge in [0.05, 0.1) is 24.0 Å². The van der Waals surface area contributed by atoms with E-state index in [1.165, 1.54) is 12.1 Å². The maximum atomic E-state index is 13.2. The summed E-state index contributed by atoms with van der Waals surface area (Å²) in [6.07, 6.45) is 0.0881. The van der Waals surface area contributed by atoms with Crippen molar-refractivity contribution in [2.45, 2.75) is 55.3 Å². The maximum absolute atomic E-state index is 13.2. The van der Waals surface area contributed by atoms with Gasteiger partial charge in [0, 0.05) is 23.7 Å². The van der Waals surface area contributed by atoms with E-state index in [1.807, 2.05) is 6.92 Å². The number of aliphatic hydroxyl groups excluding tert-OH is 1. The predicted octanol–water partition coefficient (Wildman–Crippen LogP) is 2.54. The zero-order valence-electron chi connectivity index (χ0n) is 18.2. The van der Waals surface area contributed by atoms with Crippen molar-refractivity contribution in [1.82, 2.24) is 5.32 Å². The lowest BCUT2D eigenvalue weighted by atomic mass is 9.84. The smallest absolute Gasteiger partial charge is 0.261 e. The third kappa shape index (κ3) is 5.13. The lowest BCUT2D eigenvalue weighted by molar-refractivity contribution is -0.142. The molecule has 2 aromatic carbocycles. The number of benzene rings is 2. The van der Waals surface area contributed by atoms with Gasteiger partial charge < -0.3 is 19.9 Å². The summed E-state index contributed by atoms with van der Waals surface area (Å²) in [6.45, 7) is 2.30. The van der Waals surface area contributed by atoms with Gasteiger partial charge >= 0.3 is 0 Å². The first-order valence-electron chi connectivity index (χ1n) is 10.9. The third-order valence-electron chi connectivity index (χ3n) is 5.86. The number of hydrogen-bond donors (Lipinski definition) is 3. The Kier molecular flexibility index (Phi) is 6.87. The van der Waals surface area contributed by atoms with E-state index < -0.39 is 34.2 Å². The molecule has 2 aliphatic rings. The molecule has 1 amide bonds. The van der Waals surface area contributed by atoms with Crippen LogP contribution in [0, 0.1) is 5.82 Å². The Labute approximate surface area is 192 Å². The van der Waals surface area contributed by atoms with Crippen LogP contribution in [-0.4, -0.2) is 50.9 Å². The normalized spacial score (nSPS) is 23.8. The minimum Gasteiger partial charge on any atom is -0.487 e. The Morgan fingerprint density at radius 2 is 1.97 bits per heavy atom. The van der Waals surface area contributed by atoms with Crippen LogP contribution in [0.15, 0.2) is 47.4 Å². The standard InChI is InChI=1S/C23H27FN2O6S/c1-2-9-25-22(28)12-16-11-19-18-10-15(5-8-20(18)32-23(19)21(13-27)31-16)26-33(29,30)17-6-3-14(24)4-7-17/h3-8,10,16,19,21,23,26-27H,2,9,11-13H2,1H3,(H,25,28)/t16-,19+,21+,23-/m1/s1. The van der Waals surface area contributed by atoms with Gasteiger partial charge in [-0.25, -0.2) is 12.8 Å². The lowest BCUT2D eigenvalue weighted by Gasteiger charge is -2.37. The zero-order chi connectivity index (χ0) is 23.6. The number of amides is 1. The fraction of sp³-hybridized carbons (Fsp3) is 0.435. The van der Waals surface area contributed by atoms with E-state index in [2.05, 4.69) is 10.0 Å². The minimum absolute atomic E-state index is 0.0527. The largest absolute Gasteiger partial charge is 0.487 e. The molecule has 1 fully saturated rings. The van der Waals surface area contributed by atoms with Crippen LogP contribution in [0.25, 0.3) is 0 Å². The van der Waals surface area contributed by atoms with Crippen LogP contribution in [0.2, 0.25) is 0 Å². The summed E-state index contributed by atoms with van der Waals surface area (Å²) in [4.78, 5) is 12.1. The second-order valence-electron chi connectivity index (χ2n) is 8.27. The van der Waals surface area contributed by atoms with Gasteiger partial charge in [-0.2, -0.15) is 0 Å². The first kappa shape index (κ1) is 23.5. The molecule has 3 N–H and O–H groups in total. The highest BCUT2D eigenvalue weighted by atomic mass is 32.2. The maximum Gasteiger partial charge on any atom is 0.261 e. The monoisotopic (exact) mass is 478 g/mol. The summed E-state index contributed by atoms with van der Waals surface area (Å²) < 4.78 is 53.0. The molecule has 0 aromatic heterocycles. The summed E-state index contributed by atoms with van der Waals surface area (Å²) in [5.41, 5.74) is 1.13. The van der Waals surface area contributed by atoms with Crippen molar-refractivity contribution in [2.75, 3.05) is 17.9 Å². The Balaban J connectivity index is 1.53. The van der Waals surface area contributed by atoms with Crippen molar-refractivity contribution in [3.8, 4) is 5.75 Å². The van der Waals surface area contributed by atoms with Crippen molar-refractivity contribution >= 4 is 21.6 Å². The molecular formula is C23H27FN2O6S. The van der Waals surface area contributed by atoms with E-state index in [1.54, 1.807) is 18.2 Å². The average Bonchev–Trinajstić information content (AvgIpc) is 3.15. The molecule has 2 aromatic rings. The van der Waals surface area contributed by atoms with Gasteiger partial charge in [-0.15, -0.1) is 0 Å². The molecule has 178 valence electrons. The number of carbonyl (C=O) groups excluding carboxylic acids is 1. The van der Waals surface area contributed by atoms with Gasteiger partial charge in [0.1, 0.15) is 23.8 Å². The van der Waals surface area contributed by atoms with Gasteiger partial charge in [0.2, 0.25) is 5.91 Å². The molecule has 1 saturated heterocycles. The molecule has 2 heterocycles. The topological polar surface area (TPSA) is 114 Å². The van der Waals surface area contributed by atoms with E-state index in [0.717, 1.165) is 24.1 Å². The average molecular weight is 479 g/mol. The molecule has 2 aliphatic heterocycles. The molecular weight excluding hydrogens is 451 g/mol. The van der Waals surface area contributed by atoms with Crippen molar-refractivity contribution in [1.29, 1.82) is 0 Å². The number of anilines is 1. The molecule has 33 heavy (non-hydrogen) atoms. The highest BCUT2D eigenvalue weighted by Crippen LogP contribution is 2.47. The molecule has 0 aliphatic carbocycles. The minimum atomic E-state index is -3.90. The summed E-state index contributed by atoms with van der Waals surface area (Å²) in [5.74, 6) is -0.208. The molecule has 0 bridgehead atoms. The van der Waals surface area contributed by atoms with Gasteiger partial charge in [-0.3, -0.25) is 9.52 Å². The van der Waals surface area contributed by atoms with E-state index >= 15 is 0 Å². The van der Waals surface area contributed by atoms with Gasteiger partial charge in [0.15, 0.2) is 0 Å². The van der Waals surface area contributed by atoms with Crippen LogP contribution in [0.5, 0.6) is 5.75 Å². The van der Waals surface area contributed by atoms with Crippen LogP contribution >= 0.6 is 0 Å². The number of aliphatic hydroxyl groups is 1. The van der Waals surface area contributed by atoms with Crippen LogP contribution in [-0.2, 0) is 19.6 Å². The van der Waals surface area contributed by atoms with Crippen molar-refractivity contribution in [3.63, 3.8) is 0 Å². The van der Waals surface area contributed by atoms with E-state index in [-0.39, 0.29) is 29.7 Å². The highest BCUT2D eigenvalue weighted by Gasteiger charge is 2.46. The van der Waals surface area contributed by atoms with Crippen LogP contribution in [0.4, 0.5) is 10.1 Å². The predicted molar refractivity (Wildman–Crippen MR) is 119 cm³/mol. The van der Waals surface area contributed by atoms with E-state index in [0.29, 0.717) is 24.4 Å².